The number of aromatic amines is 1. The molecular formula is C21H21N3O3. The third-order valence-corrected chi connectivity index (χ3v) is 4.89. The van der Waals surface area contributed by atoms with E-state index in [-0.39, 0.29) is 17.7 Å². The zero-order chi connectivity index (χ0) is 18.8. The smallest absolute Gasteiger partial charge is 0.273 e. The normalized spacial score (nSPS) is 16.0. The fourth-order valence-corrected chi connectivity index (χ4v) is 3.67. The van der Waals surface area contributed by atoms with Crippen LogP contribution in [0.5, 0.6) is 5.75 Å². The first-order chi connectivity index (χ1) is 13.2. The van der Waals surface area contributed by atoms with Gasteiger partial charge < -0.3 is 14.7 Å². The van der Waals surface area contributed by atoms with Crippen molar-refractivity contribution >= 4 is 5.91 Å². The summed E-state index contributed by atoms with van der Waals surface area (Å²) < 4.78 is 5.15. The van der Waals surface area contributed by atoms with Crippen molar-refractivity contribution in [3.63, 3.8) is 0 Å². The number of aromatic hydroxyl groups is 1. The van der Waals surface area contributed by atoms with Crippen molar-refractivity contribution in [2.45, 2.75) is 12.5 Å². The van der Waals surface area contributed by atoms with Crippen LogP contribution < -0.4 is 0 Å². The molecule has 6 heteroatoms. The first kappa shape index (κ1) is 17.3. The number of carbonyl (C=O) groups is 1. The van der Waals surface area contributed by atoms with E-state index in [1.165, 1.54) is 0 Å². The van der Waals surface area contributed by atoms with Gasteiger partial charge in [-0.1, -0.05) is 42.5 Å². The van der Waals surface area contributed by atoms with Gasteiger partial charge >= 0.3 is 0 Å². The first-order valence-electron chi connectivity index (χ1n) is 8.94. The van der Waals surface area contributed by atoms with Gasteiger partial charge in [0.05, 0.1) is 6.04 Å². The highest BCUT2D eigenvalue weighted by atomic mass is 16.5. The molecule has 1 amide bonds. The van der Waals surface area contributed by atoms with Gasteiger partial charge in [0.15, 0.2) is 0 Å². The number of H-pyrrole nitrogens is 1. The molecule has 4 rings (SSSR count). The third kappa shape index (κ3) is 2.98. The SMILES string of the molecule is COCCCN1C(=O)c2[nH]nc(-c3ccccc3O)c2[C@@H]1c1ccccc1. The molecule has 0 radical (unpaired) electrons. The molecule has 0 saturated heterocycles. The van der Waals surface area contributed by atoms with E-state index < -0.39 is 0 Å². The van der Waals surface area contributed by atoms with Crippen LogP contribution in [-0.2, 0) is 4.74 Å². The molecular weight excluding hydrogens is 342 g/mol. The second kappa shape index (κ2) is 7.25. The number of rotatable bonds is 6. The van der Waals surface area contributed by atoms with Crippen molar-refractivity contribution in [2.75, 3.05) is 20.3 Å². The van der Waals surface area contributed by atoms with E-state index in [4.69, 9.17) is 4.74 Å². The van der Waals surface area contributed by atoms with Gasteiger partial charge in [0.2, 0.25) is 0 Å². The lowest BCUT2D eigenvalue weighted by Gasteiger charge is -2.26. The number of ether oxygens (including phenoxy) is 1. The molecule has 0 fully saturated rings. The number of hydrogen-bond acceptors (Lipinski definition) is 4. The Bertz CT molecular complexity index is 952. The standard InChI is InChI=1S/C21H21N3O3/c1-27-13-7-12-24-20(14-8-3-2-4-9-14)17-18(22-23-19(17)21(24)26)15-10-5-6-11-16(15)25/h2-6,8-11,20,25H,7,12-13H2,1H3,(H,22,23)/t20-/m0/s1. The number of hydrogen-bond donors (Lipinski definition) is 2. The Hall–Kier alpha value is -3.12. The van der Waals surface area contributed by atoms with Gasteiger partial charge in [-0.05, 0) is 24.1 Å². The van der Waals surface area contributed by atoms with E-state index in [2.05, 4.69) is 10.2 Å². The highest BCUT2D eigenvalue weighted by molar-refractivity contribution is 6.00. The number of aromatic nitrogens is 2. The quantitative estimate of drug-likeness (QED) is 0.658. The molecule has 3 aromatic rings. The molecule has 0 unspecified atom stereocenters. The molecule has 2 aromatic carbocycles. The number of nitrogens with one attached hydrogen (secondary N) is 1. The van der Waals surface area contributed by atoms with E-state index >= 15 is 0 Å². The summed E-state index contributed by atoms with van der Waals surface area (Å²) in [5.41, 5.74) is 3.53. The topological polar surface area (TPSA) is 78.5 Å². The number of amides is 1. The van der Waals surface area contributed by atoms with E-state index in [1.807, 2.05) is 47.4 Å². The third-order valence-electron chi connectivity index (χ3n) is 4.89. The van der Waals surface area contributed by atoms with Gasteiger partial charge in [-0.3, -0.25) is 9.89 Å². The summed E-state index contributed by atoms with van der Waals surface area (Å²) in [5.74, 6) is 0.0630. The fraction of sp³-hybridized carbons (Fsp3) is 0.238. The zero-order valence-electron chi connectivity index (χ0n) is 15.1. The number of benzene rings is 2. The number of nitrogens with zero attached hydrogens (tertiary/aromatic N) is 2. The van der Waals surface area contributed by atoms with E-state index in [0.717, 1.165) is 17.5 Å². The van der Waals surface area contributed by atoms with Crippen molar-refractivity contribution < 1.29 is 14.6 Å². The second-order valence-corrected chi connectivity index (χ2v) is 6.54. The Morgan fingerprint density at radius 1 is 1.15 bits per heavy atom. The molecule has 0 spiro atoms. The molecule has 0 saturated carbocycles. The van der Waals surface area contributed by atoms with Crippen LogP contribution in [-0.4, -0.2) is 46.4 Å². The van der Waals surface area contributed by atoms with Crippen LogP contribution in [0.2, 0.25) is 0 Å². The zero-order valence-corrected chi connectivity index (χ0v) is 15.1. The largest absolute Gasteiger partial charge is 0.507 e. The Morgan fingerprint density at radius 3 is 2.63 bits per heavy atom. The van der Waals surface area contributed by atoms with Crippen LogP contribution in [0.1, 0.15) is 34.1 Å². The first-order valence-corrected chi connectivity index (χ1v) is 8.94. The molecule has 27 heavy (non-hydrogen) atoms. The molecule has 6 nitrogen and oxygen atoms in total. The minimum Gasteiger partial charge on any atom is -0.507 e. The Balaban J connectivity index is 1.83. The van der Waals surface area contributed by atoms with Crippen molar-refractivity contribution in [3.8, 4) is 17.0 Å². The summed E-state index contributed by atoms with van der Waals surface area (Å²) in [7, 11) is 1.66. The molecule has 1 aromatic heterocycles. The summed E-state index contributed by atoms with van der Waals surface area (Å²) in [4.78, 5) is 14.9. The average molecular weight is 363 g/mol. The molecule has 0 aliphatic carbocycles. The number of carbonyl (C=O) groups excluding carboxylic acids is 1. The van der Waals surface area contributed by atoms with E-state index in [0.29, 0.717) is 30.1 Å². The van der Waals surface area contributed by atoms with Gasteiger partial charge in [-0.25, -0.2) is 0 Å². The van der Waals surface area contributed by atoms with Crippen LogP contribution in [0.25, 0.3) is 11.3 Å². The van der Waals surface area contributed by atoms with E-state index in [9.17, 15) is 9.90 Å². The second-order valence-electron chi connectivity index (χ2n) is 6.54. The molecule has 138 valence electrons. The Kier molecular flexibility index (Phi) is 4.64. The number of methoxy groups -OCH3 is 1. The lowest BCUT2D eigenvalue weighted by Crippen LogP contribution is -2.31. The maximum absolute atomic E-state index is 13.1. The Morgan fingerprint density at radius 2 is 1.89 bits per heavy atom. The molecule has 0 bridgehead atoms. The van der Waals surface area contributed by atoms with Gasteiger partial charge in [0.25, 0.3) is 5.91 Å². The molecule has 1 aliphatic heterocycles. The maximum Gasteiger partial charge on any atom is 0.273 e. The molecule has 2 N–H and O–H groups in total. The Labute approximate surface area is 157 Å². The number of phenols is 1. The number of phenolic OH excluding ortho intramolecular Hbond substituents is 1. The van der Waals surface area contributed by atoms with Crippen molar-refractivity contribution in [1.82, 2.24) is 15.1 Å². The van der Waals surface area contributed by atoms with Gasteiger partial charge in [-0.2, -0.15) is 5.10 Å². The fourth-order valence-electron chi connectivity index (χ4n) is 3.67. The van der Waals surface area contributed by atoms with Crippen molar-refractivity contribution in [1.29, 1.82) is 0 Å². The van der Waals surface area contributed by atoms with Crippen LogP contribution in [0.3, 0.4) is 0 Å². The van der Waals surface area contributed by atoms with E-state index in [1.54, 1.807) is 19.2 Å². The molecule has 1 aliphatic rings. The highest BCUT2D eigenvalue weighted by Gasteiger charge is 2.42. The maximum atomic E-state index is 13.1. The predicted octanol–water partition coefficient (Wildman–Crippen LogP) is 3.36. The number of para-hydroxylation sites is 1. The summed E-state index contributed by atoms with van der Waals surface area (Å²) in [6.07, 6.45) is 0.745. The van der Waals surface area contributed by atoms with Crippen LogP contribution in [0, 0.1) is 0 Å². The predicted molar refractivity (Wildman–Crippen MR) is 102 cm³/mol. The number of fused-ring (bicyclic) bond motifs is 1. The molecule has 2 heterocycles. The average Bonchev–Trinajstić information content (AvgIpc) is 3.23. The minimum atomic E-state index is -0.251. The van der Waals surface area contributed by atoms with Gasteiger partial charge in [-0.15, -0.1) is 0 Å². The van der Waals surface area contributed by atoms with Crippen LogP contribution in [0.4, 0.5) is 0 Å². The van der Waals surface area contributed by atoms with Crippen molar-refractivity contribution in [3.05, 3.63) is 71.4 Å². The lowest BCUT2D eigenvalue weighted by molar-refractivity contribution is 0.0723. The summed E-state index contributed by atoms with van der Waals surface area (Å²) in [6.45, 7) is 1.17. The van der Waals surface area contributed by atoms with Gasteiger partial charge in [0.1, 0.15) is 17.1 Å². The molecule has 1 atom stereocenters. The summed E-state index contributed by atoms with van der Waals surface area (Å²) >= 11 is 0. The van der Waals surface area contributed by atoms with Crippen LogP contribution in [0.15, 0.2) is 54.6 Å². The van der Waals surface area contributed by atoms with Crippen molar-refractivity contribution in [2.24, 2.45) is 0 Å². The minimum absolute atomic E-state index is 0.0795. The summed E-state index contributed by atoms with van der Waals surface area (Å²) in [6, 6.07) is 16.7. The summed E-state index contributed by atoms with van der Waals surface area (Å²) in [5, 5.41) is 17.6. The van der Waals surface area contributed by atoms with Crippen LogP contribution >= 0.6 is 0 Å². The highest BCUT2D eigenvalue weighted by Crippen LogP contribution is 2.44. The van der Waals surface area contributed by atoms with Gasteiger partial charge in [0, 0.05) is 31.4 Å². The monoisotopic (exact) mass is 363 g/mol. The lowest BCUT2D eigenvalue weighted by atomic mass is 9.96.